The maximum atomic E-state index is 12.7. The first-order chi connectivity index (χ1) is 14.9. The van der Waals surface area contributed by atoms with Crippen LogP contribution in [0.2, 0.25) is 10.0 Å². The lowest BCUT2D eigenvalue weighted by atomic mass is 9.91. The quantitative estimate of drug-likeness (QED) is 0.415. The van der Waals surface area contributed by atoms with Gasteiger partial charge in [0.25, 0.3) is 5.56 Å². The lowest BCUT2D eigenvalue weighted by Crippen LogP contribution is -2.29. The van der Waals surface area contributed by atoms with E-state index < -0.39 is 6.04 Å². The fraction of sp³-hybridized carbons (Fsp3) is 0.190. The third-order valence-corrected chi connectivity index (χ3v) is 5.92. The topological polar surface area (TPSA) is 101 Å². The normalized spacial score (nSPS) is 14.8. The van der Waals surface area contributed by atoms with E-state index in [-0.39, 0.29) is 5.56 Å². The number of benzene rings is 2. The van der Waals surface area contributed by atoms with Gasteiger partial charge in [-0.2, -0.15) is 9.78 Å². The SMILES string of the molecule is CC(C)c1ccc([C@@H]2c3c(-c4ccc(Cl)cc4Cl)n[nH]c(=O)c3Nc3nnnn32)cc1. The van der Waals surface area contributed by atoms with Crippen molar-refractivity contribution in [2.24, 2.45) is 0 Å². The minimum atomic E-state index is -0.473. The van der Waals surface area contributed by atoms with Gasteiger partial charge in [-0.3, -0.25) is 4.79 Å². The van der Waals surface area contributed by atoms with E-state index in [4.69, 9.17) is 23.2 Å². The lowest BCUT2D eigenvalue weighted by Gasteiger charge is -2.28. The van der Waals surface area contributed by atoms with E-state index in [9.17, 15) is 4.79 Å². The largest absolute Gasteiger partial charge is 0.318 e. The Bertz CT molecular complexity index is 1340. The number of aromatic nitrogens is 6. The fourth-order valence-corrected chi connectivity index (χ4v) is 4.29. The van der Waals surface area contributed by atoms with Gasteiger partial charge in [0, 0.05) is 16.1 Å². The summed E-state index contributed by atoms with van der Waals surface area (Å²) < 4.78 is 1.64. The molecule has 0 bridgehead atoms. The molecule has 31 heavy (non-hydrogen) atoms. The number of rotatable bonds is 3. The van der Waals surface area contributed by atoms with Gasteiger partial charge in [0.1, 0.15) is 17.4 Å². The van der Waals surface area contributed by atoms with Gasteiger partial charge in [-0.05, 0) is 45.7 Å². The molecule has 3 heterocycles. The van der Waals surface area contributed by atoms with E-state index in [0.717, 1.165) is 5.56 Å². The molecule has 0 spiro atoms. The van der Waals surface area contributed by atoms with Crippen molar-refractivity contribution in [1.29, 1.82) is 0 Å². The second-order valence-corrected chi connectivity index (χ2v) is 8.45. The summed E-state index contributed by atoms with van der Waals surface area (Å²) >= 11 is 12.6. The summed E-state index contributed by atoms with van der Waals surface area (Å²) in [6.45, 7) is 4.27. The highest BCUT2D eigenvalue weighted by Gasteiger charge is 2.34. The van der Waals surface area contributed by atoms with Gasteiger partial charge in [-0.1, -0.05) is 66.4 Å². The Morgan fingerprint density at radius 3 is 2.58 bits per heavy atom. The van der Waals surface area contributed by atoms with Gasteiger partial charge in [0.05, 0.1) is 5.02 Å². The van der Waals surface area contributed by atoms with Gasteiger partial charge >= 0.3 is 0 Å². The van der Waals surface area contributed by atoms with Crippen molar-refractivity contribution in [1.82, 2.24) is 30.4 Å². The molecule has 5 rings (SSSR count). The Hall–Kier alpha value is -3.23. The number of anilines is 2. The number of H-pyrrole nitrogens is 1. The van der Waals surface area contributed by atoms with Crippen molar-refractivity contribution in [2.75, 3.05) is 5.32 Å². The summed E-state index contributed by atoms with van der Waals surface area (Å²) in [7, 11) is 0. The number of hydrogen-bond donors (Lipinski definition) is 2. The number of nitrogens with one attached hydrogen (secondary N) is 2. The first-order valence-electron chi connectivity index (χ1n) is 9.66. The van der Waals surface area contributed by atoms with Crippen molar-refractivity contribution >= 4 is 34.8 Å². The minimum Gasteiger partial charge on any atom is -0.318 e. The van der Waals surface area contributed by atoms with Gasteiger partial charge < -0.3 is 5.32 Å². The summed E-state index contributed by atoms with van der Waals surface area (Å²) in [5, 5.41) is 22.8. The molecule has 8 nitrogen and oxygen atoms in total. The monoisotopic (exact) mass is 453 g/mol. The average Bonchev–Trinajstić information content (AvgIpc) is 3.22. The molecule has 1 aliphatic heterocycles. The van der Waals surface area contributed by atoms with Crippen LogP contribution in [-0.4, -0.2) is 30.4 Å². The molecule has 0 saturated carbocycles. The van der Waals surface area contributed by atoms with E-state index in [0.29, 0.717) is 44.4 Å². The number of hydrogen-bond acceptors (Lipinski definition) is 6. The molecule has 0 radical (unpaired) electrons. The predicted octanol–water partition coefficient (Wildman–Crippen LogP) is 4.55. The number of fused-ring (bicyclic) bond motifs is 2. The Balaban J connectivity index is 1.78. The Morgan fingerprint density at radius 1 is 1.10 bits per heavy atom. The van der Waals surface area contributed by atoms with Crippen molar-refractivity contribution < 1.29 is 0 Å². The summed E-state index contributed by atoms with van der Waals surface area (Å²) in [6.07, 6.45) is 0. The molecule has 0 aliphatic carbocycles. The van der Waals surface area contributed by atoms with E-state index in [1.165, 1.54) is 5.56 Å². The highest BCUT2D eigenvalue weighted by molar-refractivity contribution is 6.36. The van der Waals surface area contributed by atoms with E-state index in [1.54, 1.807) is 22.9 Å². The van der Waals surface area contributed by atoms with Crippen molar-refractivity contribution in [2.45, 2.75) is 25.8 Å². The Labute approximate surface area is 187 Å². The molecule has 0 amide bonds. The van der Waals surface area contributed by atoms with Crippen LogP contribution in [0.1, 0.15) is 42.5 Å². The van der Waals surface area contributed by atoms with Crippen LogP contribution in [0.4, 0.5) is 11.6 Å². The zero-order valence-electron chi connectivity index (χ0n) is 16.6. The van der Waals surface area contributed by atoms with Crippen LogP contribution in [0.25, 0.3) is 11.3 Å². The molecule has 2 aromatic carbocycles. The minimum absolute atomic E-state index is 0.330. The molecule has 2 N–H and O–H groups in total. The summed E-state index contributed by atoms with van der Waals surface area (Å²) in [5.41, 5.74) is 3.87. The molecule has 0 saturated heterocycles. The van der Waals surface area contributed by atoms with Crippen molar-refractivity contribution in [3.8, 4) is 11.3 Å². The lowest BCUT2D eigenvalue weighted by molar-refractivity contribution is 0.567. The first kappa shape index (κ1) is 19.7. The molecule has 2 aromatic heterocycles. The van der Waals surface area contributed by atoms with Gasteiger partial charge in [0.2, 0.25) is 5.95 Å². The maximum absolute atomic E-state index is 12.7. The van der Waals surface area contributed by atoms with E-state index >= 15 is 0 Å². The standard InChI is InChI=1S/C21H17Cl2N7O/c1-10(2)11-3-5-12(6-4-11)19-16-17(14-8-7-13(22)9-15(14)23)25-26-20(31)18(16)24-21-27-28-29-30(19)21/h3-10,19H,1-2H3,(H,26,31)(H,24,27,29)/t19-/m1/s1. The fourth-order valence-electron chi connectivity index (χ4n) is 3.80. The van der Waals surface area contributed by atoms with Gasteiger partial charge in [0.15, 0.2) is 0 Å². The maximum Gasteiger partial charge on any atom is 0.288 e. The molecule has 1 aliphatic rings. The number of nitrogens with zero attached hydrogens (tertiary/aromatic N) is 5. The number of tetrazole rings is 1. The Kier molecular flexibility index (Phi) is 4.75. The highest BCUT2D eigenvalue weighted by atomic mass is 35.5. The summed E-state index contributed by atoms with van der Waals surface area (Å²) in [5.74, 6) is 0.765. The van der Waals surface area contributed by atoms with E-state index in [1.807, 2.05) is 12.1 Å². The molecule has 1 atom stereocenters. The third-order valence-electron chi connectivity index (χ3n) is 5.37. The van der Waals surface area contributed by atoms with Crippen LogP contribution >= 0.6 is 23.2 Å². The zero-order valence-corrected chi connectivity index (χ0v) is 18.1. The number of aromatic amines is 1. The predicted molar refractivity (Wildman–Crippen MR) is 119 cm³/mol. The second-order valence-electron chi connectivity index (χ2n) is 7.61. The van der Waals surface area contributed by atoms with Crippen LogP contribution in [0, 0.1) is 0 Å². The summed E-state index contributed by atoms with van der Waals surface area (Å²) in [4.78, 5) is 12.7. The van der Waals surface area contributed by atoms with Gasteiger partial charge in [-0.15, -0.1) is 0 Å². The number of halogens is 2. The van der Waals surface area contributed by atoms with Crippen LogP contribution < -0.4 is 10.9 Å². The molecule has 0 unspecified atom stereocenters. The average molecular weight is 454 g/mol. The molecule has 0 fully saturated rings. The Morgan fingerprint density at radius 2 is 1.87 bits per heavy atom. The third kappa shape index (κ3) is 3.28. The highest BCUT2D eigenvalue weighted by Crippen LogP contribution is 2.42. The molecule has 10 heteroatoms. The zero-order chi connectivity index (χ0) is 21.7. The summed E-state index contributed by atoms with van der Waals surface area (Å²) in [6, 6.07) is 12.9. The first-order valence-corrected chi connectivity index (χ1v) is 10.4. The molecule has 156 valence electrons. The molecular formula is C21H17Cl2N7O. The van der Waals surface area contributed by atoms with Crippen LogP contribution in [0.3, 0.4) is 0 Å². The second kappa shape index (κ2) is 7.47. The van der Waals surface area contributed by atoms with Crippen LogP contribution in [0.5, 0.6) is 0 Å². The van der Waals surface area contributed by atoms with Crippen LogP contribution in [-0.2, 0) is 0 Å². The smallest absolute Gasteiger partial charge is 0.288 e. The molecular weight excluding hydrogens is 437 g/mol. The van der Waals surface area contributed by atoms with Crippen molar-refractivity contribution in [3.63, 3.8) is 0 Å². The molecule has 4 aromatic rings. The van der Waals surface area contributed by atoms with Crippen LogP contribution in [0.15, 0.2) is 47.3 Å². The van der Waals surface area contributed by atoms with E-state index in [2.05, 4.69) is 57.0 Å². The van der Waals surface area contributed by atoms with Gasteiger partial charge in [-0.25, -0.2) is 5.10 Å². The van der Waals surface area contributed by atoms with Crippen molar-refractivity contribution in [3.05, 3.63) is 79.6 Å².